The number of hydrogen-bond acceptors (Lipinski definition) is 11. The number of carbonyl (C=O) groups is 2. The van der Waals surface area contributed by atoms with Gasteiger partial charge in [-0.15, -0.1) is 11.3 Å². The summed E-state index contributed by atoms with van der Waals surface area (Å²) in [6, 6.07) is 8.04. The Morgan fingerprint density at radius 1 is 1.05 bits per heavy atom. The van der Waals surface area contributed by atoms with E-state index in [9.17, 15) is 9.59 Å². The third-order valence-electron chi connectivity index (χ3n) is 13.1. The van der Waals surface area contributed by atoms with E-state index >= 15 is 0 Å². The topological polar surface area (TPSA) is 119 Å². The SMILES string of the molecule is C#COCC(C)(C)CC1c2cc(-c3csc(C(OCC)C(NC(=O)N4CCC4)C(=O)N4CCCCN4)n3)ccc2N(CC)C1c1cc(N2CCN(C)CC2)cnc1C(C)CC. The molecular formula is C47H67N9O4S. The number of fused-ring (bicyclic) bond motifs is 1. The Bertz CT molecular complexity index is 2020. The first-order valence-electron chi connectivity index (χ1n) is 22.6. The van der Waals surface area contributed by atoms with E-state index in [-0.39, 0.29) is 35.2 Å². The number of rotatable bonds is 16. The predicted molar refractivity (Wildman–Crippen MR) is 244 cm³/mol. The highest BCUT2D eigenvalue weighted by molar-refractivity contribution is 7.10. The molecule has 0 radical (unpaired) electrons. The van der Waals surface area contributed by atoms with Gasteiger partial charge < -0.3 is 34.4 Å². The van der Waals surface area contributed by atoms with Crippen molar-refractivity contribution in [3.8, 4) is 23.8 Å². The van der Waals surface area contributed by atoms with Gasteiger partial charge in [0.25, 0.3) is 5.91 Å². The molecule has 4 aliphatic rings. The number of nitrogens with zero attached hydrogens (tertiary/aromatic N) is 7. The summed E-state index contributed by atoms with van der Waals surface area (Å²) in [4.78, 5) is 47.2. The molecule has 3 amide bonds. The number of carbonyl (C=O) groups excluding carboxylic acids is 2. The maximum absolute atomic E-state index is 14.2. The van der Waals surface area contributed by atoms with Gasteiger partial charge in [0.1, 0.15) is 29.9 Å². The molecule has 1 aromatic carbocycles. The van der Waals surface area contributed by atoms with Crippen LogP contribution in [0.15, 0.2) is 35.8 Å². The smallest absolute Gasteiger partial charge is 0.318 e. The third kappa shape index (κ3) is 9.80. The van der Waals surface area contributed by atoms with Crippen LogP contribution in [0.5, 0.6) is 0 Å². The molecule has 3 aromatic rings. The Morgan fingerprint density at radius 2 is 1.84 bits per heavy atom. The standard InChI is InChI=1S/C47H67N9O4S/c1-9-32(5)40-36(27-34(29-48-40)53-24-22-52(8)23-25-53)42-37(28-47(6,7)31-59-11-3)35-26-33(16-17-39(35)55(42)10-2)38-30-61-44(50-38)43(60-12-4)41(51-46(58)54-19-15-20-54)45(57)56-21-14-13-18-49-56/h3,16-17,26-27,29-30,32,37,41-43,49H,9-10,12-15,18-25,28,31H2,1-2,4-8H3,(H,51,58). The molecule has 61 heavy (non-hydrogen) atoms. The number of benzene rings is 1. The summed E-state index contributed by atoms with van der Waals surface area (Å²) in [5.41, 5.74) is 10.9. The van der Waals surface area contributed by atoms with Crippen molar-refractivity contribution in [2.45, 2.75) is 104 Å². The van der Waals surface area contributed by atoms with Crippen LogP contribution < -0.4 is 20.5 Å². The van der Waals surface area contributed by atoms with Gasteiger partial charge in [0.2, 0.25) is 0 Å². The normalized spacial score (nSPS) is 21.0. The Morgan fingerprint density at radius 3 is 2.49 bits per heavy atom. The van der Waals surface area contributed by atoms with Crippen molar-refractivity contribution in [3.05, 3.63) is 57.7 Å². The largest absolute Gasteiger partial charge is 0.446 e. The zero-order chi connectivity index (χ0) is 43.3. The maximum atomic E-state index is 14.2. The lowest BCUT2D eigenvalue weighted by Crippen LogP contribution is -2.60. The molecule has 5 atom stereocenters. The molecule has 3 fully saturated rings. The van der Waals surface area contributed by atoms with E-state index in [4.69, 9.17) is 25.9 Å². The van der Waals surface area contributed by atoms with Crippen molar-refractivity contribution in [1.82, 2.24) is 35.5 Å². The average molecular weight is 854 g/mol. The molecule has 0 spiro atoms. The lowest BCUT2D eigenvalue weighted by Gasteiger charge is -2.37. The minimum atomic E-state index is -0.941. The molecule has 4 aliphatic heterocycles. The molecule has 14 heteroatoms. The molecule has 7 rings (SSSR count). The predicted octanol–water partition coefficient (Wildman–Crippen LogP) is 7.15. The van der Waals surface area contributed by atoms with Gasteiger partial charge in [-0.3, -0.25) is 14.8 Å². The van der Waals surface area contributed by atoms with Gasteiger partial charge in [0, 0.05) is 99.2 Å². The molecule has 0 bridgehead atoms. The minimum Gasteiger partial charge on any atom is -0.446 e. The second kappa shape index (κ2) is 19.7. The van der Waals surface area contributed by atoms with Crippen molar-refractivity contribution >= 4 is 34.6 Å². The Balaban J connectivity index is 1.27. The van der Waals surface area contributed by atoms with E-state index in [0.717, 1.165) is 81.8 Å². The van der Waals surface area contributed by atoms with Crippen LogP contribution in [0, 0.1) is 17.9 Å². The third-order valence-corrected chi connectivity index (χ3v) is 14.0. The van der Waals surface area contributed by atoms with Crippen LogP contribution in [0.4, 0.5) is 16.2 Å². The summed E-state index contributed by atoms with van der Waals surface area (Å²) in [6.07, 6.45) is 14.1. The van der Waals surface area contributed by atoms with Crippen molar-refractivity contribution in [1.29, 1.82) is 0 Å². The monoisotopic (exact) mass is 854 g/mol. The van der Waals surface area contributed by atoms with Gasteiger partial charge >= 0.3 is 6.03 Å². The number of ether oxygens (including phenoxy) is 2. The van der Waals surface area contributed by atoms with Crippen LogP contribution in [-0.2, 0) is 14.3 Å². The molecule has 13 nitrogen and oxygen atoms in total. The number of thiazole rings is 1. The van der Waals surface area contributed by atoms with Crippen molar-refractivity contribution in [2.75, 3.05) is 89.0 Å². The zero-order valence-corrected chi connectivity index (χ0v) is 38.2. The van der Waals surface area contributed by atoms with Crippen LogP contribution in [0.3, 0.4) is 0 Å². The number of amides is 3. The molecule has 2 aromatic heterocycles. The van der Waals surface area contributed by atoms with Gasteiger partial charge in [-0.1, -0.05) is 40.2 Å². The lowest BCUT2D eigenvalue weighted by atomic mass is 9.76. The number of terminal acetylenes is 1. The highest BCUT2D eigenvalue weighted by Crippen LogP contribution is 2.55. The van der Waals surface area contributed by atoms with Crippen LogP contribution in [0.1, 0.15) is 119 Å². The first kappa shape index (κ1) is 44.6. The van der Waals surface area contributed by atoms with Crippen LogP contribution in [-0.4, -0.2) is 122 Å². The molecule has 2 N–H and O–H groups in total. The molecule has 6 heterocycles. The van der Waals surface area contributed by atoms with Crippen molar-refractivity contribution in [2.24, 2.45) is 5.41 Å². The minimum absolute atomic E-state index is 0.0443. The van der Waals surface area contributed by atoms with E-state index in [1.54, 1.807) is 9.91 Å². The summed E-state index contributed by atoms with van der Waals surface area (Å²) in [6.45, 7) is 21.4. The van der Waals surface area contributed by atoms with E-state index in [0.29, 0.717) is 44.4 Å². The maximum Gasteiger partial charge on any atom is 0.318 e. The quantitative estimate of drug-likeness (QED) is 0.144. The number of urea groups is 1. The van der Waals surface area contributed by atoms with E-state index in [1.165, 1.54) is 33.8 Å². The number of anilines is 2. The highest BCUT2D eigenvalue weighted by Gasteiger charge is 2.44. The number of likely N-dealkylation sites (tertiary alicyclic amines) is 1. The molecular weight excluding hydrogens is 787 g/mol. The average Bonchev–Trinajstić information content (AvgIpc) is 3.86. The number of piperazine rings is 1. The van der Waals surface area contributed by atoms with Gasteiger partial charge in [-0.2, -0.15) is 0 Å². The van der Waals surface area contributed by atoms with Gasteiger partial charge in [0.05, 0.1) is 23.6 Å². The van der Waals surface area contributed by atoms with Crippen molar-refractivity contribution in [3.63, 3.8) is 0 Å². The Labute approximate surface area is 367 Å². The number of nitrogens with one attached hydrogen (secondary N) is 2. The fourth-order valence-corrected chi connectivity index (χ4v) is 10.2. The fraction of sp³-hybridized carbons (Fsp3) is 0.617. The fourth-order valence-electron chi connectivity index (χ4n) is 9.33. The van der Waals surface area contributed by atoms with Gasteiger partial charge in [-0.25, -0.2) is 15.2 Å². The Kier molecular flexibility index (Phi) is 14.4. The number of aromatic nitrogens is 2. The van der Waals surface area contributed by atoms with Crippen LogP contribution in [0.25, 0.3) is 11.3 Å². The van der Waals surface area contributed by atoms with E-state index in [1.807, 2.05) is 6.92 Å². The van der Waals surface area contributed by atoms with Crippen molar-refractivity contribution < 1.29 is 19.1 Å². The lowest BCUT2D eigenvalue weighted by molar-refractivity contribution is -0.142. The molecule has 3 saturated heterocycles. The Hall–Kier alpha value is -4.42. The summed E-state index contributed by atoms with van der Waals surface area (Å²) >= 11 is 1.46. The second-order valence-corrected chi connectivity index (χ2v) is 18.9. The summed E-state index contributed by atoms with van der Waals surface area (Å²) in [5, 5.41) is 7.40. The number of hydrazine groups is 1. The van der Waals surface area contributed by atoms with Gasteiger partial charge in [0.15, 0.2) is 0 Å². The van der Waals surface area contributed by atoms with E-state index in [2.05, 4.69) is 109 Å². The second-order valence-electron chi connectivity index (χ2n) is 18.0. The number of likely N-dealkylation sites (N-methyl/N-ethyl adjacent to an activating group) is 2. The first-order valence-corrected chi connectivity index (χ1v) is 23.4. The highest BCUT2D eigenvalue weighted by atomic mass is 32.1. The summed E-state index contributed by atoms with van der Waals surface area (Å²) in [5.74, 6) is 0.176. The molecule has 0 saturated carbocycles. The van der Waals surface area contributed by atoms with Crippen LogP contribution >= 0.6 is 11.3 Å². The number of hydrogen-bond donors (Lipinski definition) is 2. The molecule has 0 aliphatic carbocycles. The van der Waals surface area contributed by atoms with Gasteiger partial charge in [-0.05, 0) is 88.2 Å². The summed E-state index contributed by atoms with van der Waals surface area (Å²) < 4.78 is 12.0. The number of pyridine rings is 1. The molecule has 330 valence electrons. The molecule has 5 unspecified atom stereocenters. The van der Waals surface area contributed by atoms with Crippen LogP contribution in [0.2, 0.25) is 0 Å². The zero-order valence-electron chi connectivity index (χ0n) is 37.4. The first-order chi connectivity index (χ1) is 29.5. The summed E-state index contributed by atoms with van der Waals surface area (Å²) in [7, 11) is 2.19. The van der Waals surface area contributed by atoms with E-state index < -0.39 is 12.1 Å².